The van der Waals surface area contributed by atoms with Crippen molar-refractivity contribution in [2.45, 2.75) is 19.4 Å². The predicted octanol–water partition coefficient (Wildman–Crippen LogP) is 3.14. The lowest BCUT2D eigenvalue weighted by atomic mass is 10.1. The topological polar surface area (TPSA) is 46.3 Å². The first-order valence-electron chi connectivity index (χ1n) is 6.65. The van der Waals surface area contributed by atoms with E-state index >= 15 is 0 Å². The Morgan fingerprint density at radius 1 is 1.24 bits per heavy atom. The summed E-state index contributed by atoms with van der Waals surface area (Å²) in [4.78, 5) is 14.0. The lowest BCUT2D eigenvalue weighted by molar-refractivity contribution is 0.0973. The summed E-state index contributed by atoms with van der Waals surface area (Å²) in [6, 6.07) is 8.41. The molecule has 1 unspecified atom stereocenters. The second-order valence-corrected chi connectivity index (χ2v) is 5.21. The van der Waals surface area contributed by atoms with E-state index in [2.05, 4.69) is 0 Å². The van der Waals surface area contributed by atoms with Crippen LogP contribution in [0.15, 0.2) is 36.4 Å². The van der Waals surface area contributed by atoms with Gasteiger partial charge in [-0.2, -0.15) is 0 Å². The first-order valence-corrected chi connectivity index (χ1v) is 6.65. The number of benzene rings is 2. The molecule has 2 aromatic carbocycles. The molecule has 1 atom stereocenters. The van der Waals surface area contributed by atoms with E-state index in [1.807, 2.05) is 6.92 Å². The molecule has 5 heteroatoms. The quantitative estimate of drug-likeness (QED) is 0.819. The second-order valence-electron chi connectivity index (χ2n) is 5.21. The number of nitrogen functional groups attached to an aromatic ring is 1. The highest BCUT2D eigenvalue weighted by Crippen LogP contribution is 2.35. The number of carbonyl (C=O) groups is 1. The number of halogens is 2. The molecule has 0 aromatic heterocycles. The Kier molecular flexibility index (Phi) is 3.12. The Balaban J connectivity index is 2.07. The SMILES string of the molecule is CC1Cc2cc(N)ccc2N1C(=O)c1c(F)cccc1F. The van der Waals surface area contributed by atoms with Gasteiger partial charge < -0.3 is 10.6 Å². The summed E-state index contributed by atoms with van der Waals surface area (Å²) in [5.41, 5.74) is 7.38. The number of nitrogens with two attached hydrogens (primary N) is 1. The first-order chi connectivity index (χ1) is 9.99. The fraction of sp³-hybridized carbons (Fsp3) is 0.188. The summed E-state index contributed by atoms with van der Waals surface area (Å²) in [5.74, 6) is -2.37. The summed E-state index contributed by atoms with van der Waals surface area (Å²) in [7, 11) is 0. The number of hydrogen-bond acceptors (Lipinski definition) is 2. The second kappa shape index (κ2) is 4.84. The van der Waals surface area contributed by atoms with Gasteiger partial charge in [0, 0.05) is 17.4 Å². The Morgan fingerprint density at radius 2 is 1.90 bits per heavy atom. The monoisotopic (exact) mass is 288 g/mol. The molecule has 0 fully saturated rings. The van der Waals surface area contributed by atoms with Crippen LogP contribution in [0.2, 0.25) is 0 Å². The largest absolute Gasteiger partial charge is 0.399 e. The van der Waals surface area contributed by atoms with Crippen LogP contribution in [0.25, 0.3) is 0 Å². The molecule has 0 saturated heterocycles. The van der Waals surface area contributed by atoms with Crippen molar-refractivity contribution >= 4 is 17.3 Å². The van der Waals surface area contributed by atoms with Crippen LogP contribution in [0, 0.1) is 11.6 Å². The number of carbonyl (C=O) groups excluding carboxylic acids is 1. The van der Waals surface area contributed by atoms with Crippen molar-refractivity contribution in [1.82, 2.24) is 0 Å². The van der Waals surface area contributed by atoms with Crippen LogP contribution < -0.4 is 10.6 Å². The minimum absolute atomic E-state index is 0.173. The zero-order valence-corrected chi connectivity index (χ0v) is 11.4. The van der Waals surface area contributed by atoms with Gasteiger partial charge in [-0.1, -0.05) is 6.07 Å². The van der Waals surface area contributed by atoms with Crippen LogP contribution in [-0.2, 0) is 6.42 Å². The highest BCUT2D eigenvalue weighted by Gasteiger charge is 2.34. The average Bonchev–Trinajstić information content (AvgIpc) is 2.73. The average molecular weight is 288 g/mol. The molecule has 1 aliphatic rings. The molecule has 0 saturated carbocycles. The molecule has 2 aromatic rings. The molecule has 1 heterocycles. The highest BCUT2D eigenvalue weighted by molar-refractivity contribution is 6.08. The molecule has 0 aliphatic carbocycles. The van der Waals surface area contributed by atoms with Gasteiger partial charge in [0.15, 0.2) is 0 Å². The van der Waals surface area contributed by atoms with Crippen molar-refractivity contribution < 1.29 is 13.6 Å². The molecule has 108 valence electrons. The molecular weight excluding hydrogens is 274 g/mol. The zero-order chi connectivity index (χ0) is 15.1. The molecule has 0 bridgehead atoms. The highest BCUT2D eigenvalue weighted by atomic mass is 19.1. The van der Waals surface area contributed by atoms with E-state index in [1.165, 1.54) is 11.0 Å². The number of fused-ring (bicyclic) bond motifs is 1. The Bertz CT molecular complexity index is 710. The van der Waals surface area contributed by atoms with Crippen molar-refractivity contribution in [3.05, 3.63) is 59.2 Å². The lowest BCUT2D eigenvalue weighted by Crippen LogP contribution is -2.36. The molecule has 3 rings (SSSR count). The van der Waals surface area contributed by atoms with Gasteiger partial charge >= 0.3 is 0 Å². The Morgan fingerprint density at radius 3 is 2.57 bits per heavy atom. The van der Waals surface area contributed by atoms with E-state index in [9.17, 15) is 13.6 Å². The third kappa shape index (κ3) is 2.14. The number of hydrogen-bond donors (Lipinski definition) is 1. The summed E-state index contributed by atoms with van der Waals surface area (Å²) < 4.78 is 27.6. The van der Waals surface area contributed by atoms with Crippen molar-refractivity contribution in [3.8, 4) is 0 Å². The maximum absolute atomic E-state index is 13.8. The number of anilines is 2. The van der Waals surface area contributed by atoms with Crippen molar-refractivity contribution in [2.24, 2.45) is 0 Å². The molecule has 21 heavy (non-hydrogen) atoms. The van der Waals surface area contributed by atoms with Crippen molar-refractivity contribution in [3.63, 3.8) is 0 Å². The van der Waals surface area contributed by atoms with Gasteiger partial charge in [0.25, 0.3) is 5.91 Å². The van der Waals surface area contributed by atoms with E-state index < -0.39 is 23.1 Å². The molecule has 0 spiro atoms. The standard InChI is InChI=1S/C16H14F2N2O/c1-9-7-10-8-11(19)5-6-14(10)20(9)16(21)15-12(17)3-2-4-13(15)18/h2-6,8-9H,7,19H2,1H3. The normalized spacial score (nSPS) is 16.9. The van der Waals surface area contributed by atoms with Crippen LogP contribution >= 0.6 is 0 Å². The molecule has 3 nitrogen and oxygen atoms in total. The number of nitrogens with zero attached hydrogens (tertiary/aromatic N) is 1. The Hall–Kier alpha value is -2.43. The fourth-order valence-corrected chi connectivity index (χ4v) is 2.78. The minimum atomic E-state index is -0.851. The zero-order valence-electron chi connectivity index (χ0n) is 11.4. The van der Waals surface area contributed by atoms with Gasteiger partial charge in [0.2, 0.25) is 0 Å². The first kappa shape index (κ1) is 13.5. The molecule has 2 N–H and O–H groups in total. The third-order valence-electron chi connectivity index (χ3n) is 3.71. The van der Waals surface area contributed by atoms with Gasteiger partial charge in [-0.15, -0.1) is 0 Å². The van der Waals surface area contributed by atoms with E-state index in [0.29, 0.717) is 17.8 Å². The van der Waals surface area contributed by atoms with Gasteiger partial charge in [-0.25, -0.2) is 8.78 Å². The van der Waals surface area contributed by atoms with Gasteiger partial charge in [-0.05, 0) is 49.2 Å². The van der Waals surface area contributed by atoms with Gasteiger partial charge in [0.05, 0.1) is 0 Å². The third-order valence-corrected chi connectivity index (χ3v) is 3.71. The Labute approximate surface area is 121 Å². The van der Waals surface area contributed by atoms with Gasteiger partial charge in [0.1, 0.15) is 17.2 Å². The van der Waals surface area contributed by atoms with Gasteiger partial charge in [-0.3, -0.25) is 4.79 Å². The lowest BCUT2D eigenvalue weighted by Gasteiger charge is -2.23. The van der Waals surface area contributed by atoms with E-state index in [4.69, 9.17) is 5.73 Å². The van der Waals surface area contributed by atoms with Crippen molar-refractivity contribution in [2.75, 3.05) is 10.6 Å². The van der Waals surface area contributed by atoms with Crippen LogP contribution in [0.5, 0.6) is 0 Å². The van der Waals surface area contributed by atoms with Crippen LogP contribution in [-0.4, -0.2) is 11.9 Å². The van der Waals surface area contributed by atoms with Crippen LogP contribution in [0.4, 0.5) is 20.2 Å². The molecular formula is C16H14F2N2O. The molecule has 1 amide bonds. The summed E-state index contributed by atoms with van der Waals surface area (Å²) in [5, 5.41) is 0. The van der Waals surface area contributed by atoms with E-state index in [-0.39, 0.29) is 6.04 Å². The van der Waals surface area contributed by atoms with Crippen LogP contribution in [0.1, 0.15) is 22.8 Å². The summed E-state index contributed by atoms with van der Waals surface area (Å²) in [6.07, 6.45) is 0.613. The van der Waals surface area contributed by atoms with Crippen LogP contribution in [0.3, 0.4) is 0 Å². The molecule has 1 aliphatic heterocycles. The number of amides is 1. The van der Waals surface area contributed by atoms with Crippen molar-refractivity contribution in [1.29, 1.82) is 0 Å². The summed E-state index contributed by atoms with van der Waals surface area (Å²) >= 11 is 0. The van der Waals surface area contributed by atoms with E-state index in [0.717, 1.165) is 17.7 Å². The fourth-order valence-electron chi connectivity index (χ4n) is 2.78. The maximum Gasteiger partial charge on any atom is 0.264 e. The smallest absolute Gasteiger partial charge is 0.264 e. The molecule has 0 radical (unpaired) electrons. The van der Waals surface area contributed by atoms with E-state index in [1.54, 1.807) is 18.2 Å². The number of rotatable bonds is 1. The summed E-state index contributed by atoms with van der Waals surface area (Å²) in [6.45, 7) is 1.84. The maximum atomic E-state index is 13.8. The minimum Gasteiger partial charge on any atom is -0.399 e. The predicted molar refractivity (Wildman–Crippen MR) is 77.2 cm³/mol.